The summed E-state index contributed by atoms with van der Waals surface area (Å²) in [6, 6.07) is 4.82. The molecular weight excluding hydrogens is 345 g/mol. The van der Waals surface area contributed by atoms with Gasteiger partial charge in [-0.15, -0.1) is 0 Å². The first-order chi connectivity index (χ1) is 10.4. The van der Waals surface area contributed by atoms with Crippen LogP contribution in [0.5, 0.6) is 0 Å². The second-order valence-electron chi connectivity index (χ2n) is 5.38. The van der Waals surface area contributed by atoms with Crippen LogP contribution in [0.2, 0.25) is 10.0 Å². The first-order valence-corrected chi connectivity index (χ1v) is 9.71. The fraction of sp³-hybridized carbons (Fsp3) is 0.571. The molecule has 0 aromatic heterocycles. The van der Waals surface area contributed by atoms with Gasteiger partial charge in [0.25, 0.3) is 0 Å². The van der Waals surface area contributed by atoms with Gasteiger partial charge in [-0.05, 0) is 36.7 Å². The van der Waals surface area contributed by atoms with Crippen LogP contribution in [0.3, 0.4) is 0 Å². The third kappa shape index (κ3) is 6.40. The molecule has 2 N–H and O–H groups in total. The maximum atomic E-state index is 12.1. The molecule has 22 heavy (non-hydrogen) atoms. The summed E-state index contributed by atoms with van der Waals surface area (Å²) >= 11 is 11.8. The molecule has 1 aromatic carbocycles. The smallest absolute Gasteiger partial charge is 0.215 e. The molecule has 0 spiro atoms. The molecule has 1 aliphatic heterocycles. The van der Waals surface area contributed by atoms with Crippen molar-refractivity contribution in [3.05, 3.63) is 33.8 Å². The van der Waals surface area contributed by atoms with Crippen molar-refractivity contribution in [2.75, 3.05) is 39.3 Å². The van der Waals surface area contributed by atoms with E-state index in [-0.39, 0.29) is 5.75 Å². The summed E-state index contributed by atoms with van der Waals surface area (Å²) in [5.74, 6) is -0.110. The maximum Gasteiger partial charge on any atom is 0.215 e. The van der Waals surface area contributed by atoms with Crippen LogP contribution >= 0.6 is 23.2 Å². The van der Waals surface area contributed by atoms with E-state index in [1.807, 2.05) is 0 Å². The number of rotatable bonds is 7. The van der Waals surface area contributed by atoms with E-state index in [0.717, 1.165) is 39.1 Å². The fourth-order valence-corrected chi connectivity index (χ4v) is 4.16. The van der Waals surface area contributed by atoms with Crippen molar-refractivity contribution in [3.63, 3.8) is 0 Å². The standard InChI is InChI=1S/C14H21Cl2N3O2S/c15-13-8-12(9-14(16)10-13)11-22(20,21)18-2-1-5-19-6-3-17-4-7-19/h8-10,17-18H,1-7,11H2. The molecule has 1 saturated heterocycles. The van der Waals surface area contributed by atoms with E-state index in [2.05, 4.69) is 14.9 Å². The van der Waals surface area contributed by atoms with Crippen LogP contribution in [0.1, 0.15) is 12.0 Å². The van der Waals surface area contributed by atoms with Gasteiger partial charge in [-0.3, -0.25) is 0 Å². The summed E-state index contributed by atoms with van der Waals surface area (Å²) in [6.07, 6.45) is 0.801. The van der Waals surface area contributed by atoms with Crippen molar-refractivity contribution in [3.8, 4) is 0 Å². The zero-order chi connectivity index (χ0) is 16.0. The summed E-state index contributed by atoms with van der Waals surface area (Å²) < 4.78 is 26.7. The van der Waals surface area contributed by atoms with Gasteiger partial charge >= 0.3 is 0 Å². The van der Waals surface area contributed by atoms with Gasteiger partial charge in [-0.25, -0.2) is 13.1 Å². The Morgan fingerprint density at radius 2 is 1.77 bits per heavy atom. The minimum absolute atomic E-state index is 0.110. The lowest BCUT2D eigenvalue weighted by Crippen LogP contribution is -2.44. The van der Waals surface area contributed by atoms with E-state index in [9.17, 15) is 8.42 Å². The molecule has 1 heterocycles. The molecule has 0 amide bonds. The van der Waals surface area contributed by atoms with E-state index in [4.69, 9.17) is 23.2 Å². The predicted octanol–water partition coefficient (Wildman–Crippen LogP) is 1.71. The van der Waals surface area contributed by atoms with Crippen molar-refractivity contribution in [2.24, 2.45) is 0 Å². The summed E-state index contributed by atoms with van der Waals surface area (Å²) in [4.78, 5) is 2.33. The molecule has 5 nitrogen and oxygen atoms in total. The van der Waals surface area contributed by atoms with Crippen molar-refractivity contribution in [1.29, 1.82) is 0 Å². The third-order valence-electron chi connectivity index (χ3n) is 3.46. The number of hydrogen-bond donors (Lipinski definition) is 2. The summed E-state index contributed by atoms with van der Waals surface area (Å²) in [5, 5.41) is 4.17. The molecule has 1 aromatic rings. The number of piperazine rings is 1. The molecule has 0 atom stereocenters. The van der Waals surface area contributed by atoms with Crippen LogP contribution in [-0.2, 0) is 15.8 Å². The molecule has 0 aliphatic carbocycles. The van der Waals surface area contributed by atoms with E-state index in [1.165, 1.54) is 0 Å². The van der Waals surface area contributed by atoms with Gasteiger partial charge in [0.15, 0.2) is 0 Å². The highest BCUT2D eigenvalue weighted by molar-refractivity contribution is 7.88. The maximum absolute atomic E-state index is 12.1. The Labute approximate surface area is 142 Å². The minimum atomic E-state index is -3.37. The third-order valence-corrected chi connectivity index (χ3v) is 5.26. The zero-order valence-corrected chi connectivity index (χ0v) is 14.6. The molecule has 8 heteroatoms. The second-order valence-corrected chi connectivity index (χ2v) is 8.06. The highest BCUT2D eigenvalue weighted by atomic mass is 35.5. The normalized spacial score (nSPS) is 16.8. The Morgan fingerprint density at radius 1 is 1.14 bits per heavy atom. The zero-order valence-electron chi connectivity index (χ0n) is 12.3. The van der Waals surface area contributed by atoms with Crippen molar-refractivity contribution in [2.45, 2.75) is 12.2 Å². The van der Waals surface area contributed by atoms with Crippen LogP contribution < -0.4 is 10.0 Å². The molecule has 0 bridgehead atoms. The predicted molar refractivity (Wildman–Crippen MR) is 91.0 cm³/mol. The van der Waals surface area contributed by atoms with Crippen LogP contribution in [0, 0.1) is 0 Å². The molecule has 124 valence electrons. The topological polar surface area (TPSA) is 61.4 Å². The van der Waals surface area contributed by atoms with Crippen LogP contribution in [0.4, 0.5) is 0 Å². The van der Waals surface area contributed by atoms with Crippen molar-refractivity contribution < 1.29 is 8.42 Å². The lowest BCUT2D eigenvalue weighted by Gasteiger charge is -2.27. The fourth-order valence-electron chi connectivity index (χ4n) is 2.43. The van der Waals surface area contributed by atoms with Gasteiger partial charge in [0.1, 0.15) is 0 Å². The molecular formula is C14H21Cl2N3O2S. The van der Waals surface area contributed by atoms with Crippen LogP contribution in [0.25, 0.3) is 0 Å². The van der Waals surface area contributed by atoms with E-state index < -0.39 is 10.0 Å². The highest BCUT2D eigenvalue weighted by Crippen LogP contribution is 2.20. The van der Waals surface area contributed by atoms with Gasteiger partial charge in [0.2, 0.25) is 10.0 Å². The summed E-state index contributed by atoms with van der Waals surface area (Å²) in [6.45, 7) is 5.40. The average molecular weight is 366 g/mol. The second kappa shape index (κ2) is 8.47. The van der Waals surface area contributed by atoms with E-state index >= 15 is 0 Å². The van der Waals surface area contributed by atoms with E-state index in [0.29, 0.717) is 22.2 Å². The number of benzene rings is 1. The molecule has 2 rings (SSSR count). The van der Waals surface area contributed by atoms with Crippen molar-refractivity contribution >= 4 is 33.2 Å². The summed E-state index contributed by atoms with van der Waals surface area (Å²) in [7, 11) is -3.37. The monoisotopic (exact) mass is 365 g/mol. The molecule has 0 saturated carbocycles. The number of halogens is 2. The summed E-state index contributed by atoms with van der Waals surface area (Å²) in [5.41, 5.74) is 0.590. The number of sulfonamides is 1. The number of hydrogen-bond acceptors (Lipinski definition) is 4. The van der Waals surface area contributed by atoms with Crippen LogP contribution in [0.15, 0.2) is 18.2 Å². The van der Waals surface area contributed by atoms with E-state index in [1.54, 1.807) is 18.2 Å². The lowest BCUT2D eigenvalue weighted by molar-refractivity contribution is 0.239. The molecule has 0 radical (unpaired) electrons. The average Bonchev–Trinajstić information content (AvgIpc) is 2.43. The Balaban J connectivity index is 1.75. The Bertz CT molecular complexity index is 570. The van der Waals surface area contributed by atoms with Gasteiger partial charge in [0, 0.05) is 42.8 Å². The van der Waals surface area contributed by atoms with Gasteiger partial charge in [-0.1, -0.05) is 23.2 Å². The Morgan fingerprint density at radius 3 is 2.41 bits per heavy atom. The molecule has 0 unspecified atom stereocenters. The molecule has 1 fully saturated rings. The van der Waals surface area contributed by atoms with Crippen LogP contribution in [-0.4, -0.2) is 52.6 Å². The van der Waals surface area contributed by atoms with Gasteiger partial charge < -0.3 is 10.2 Å². The molecule has 1 aliphatic rings. The lowest BCUT2D eigenvalue weighted by atomic mass is 10.2. The Kier molecular flexibility index (Phi) is 6.92. The first kappa shape index (κ1) is 18.0. The quantitative estimate of drug-likeness (QED) is 0.722. The Hall–Kier alpha value is -0.370. The van der Waals surface area contributed by atoms with Crippen molar-refractivity contribution in [1.82, 2.24) is 14.9 Å². The largest absolute Gasteiger partial charge is 0.314 e. The SMILES string of the molecule is O=S(=O)(Cc1cc(Cl)cc(Cl)c1)NCCCN1CCNCC1. The van der Waals surface area contributed by atoms with Gasteiger partial charge in [-0.2, -0.15) is 0 Å². The van der Waals surface area contributed by atoms with Gasteiger partial charge in [0.05, 0.1) is 5.75 Å². The highest BCUT2D eigenvalue weighted by Gasteiger charge is 2.13. The number of nitrogens with one attached hydrogen (secondary N) is 2. The number of nitrogens with zero attached hydrogens (tertiary/aromatic N) is 1. The first-order valence-electron chi connectivity index (χ1n) is 7.30. The minimum Gasteiger partial charge on any atom is -0.314 e.